The summed E-state index contributed by atoms with van der Waals surface area (Å²) in [5.41, 5.74) is -0.504. The minimum absolute atomic E-state index is 0.00248. The van der Waals surface area contributed by atoms with Gasteiger partial charge in [-0.05, 0) is 49.8 Å². The topological polar surface area (TPSA) is 126 Å². The van der Waals surface area contributed by atoms with Gasteiger partial charge in [0.05, 0.1) is 16.5 Å². The zero-order valence-corrected chi connectivity index (χ0v) is 21.6. The molecule has 0 radical (unpaired) electrons. The van der Waals surface area contributed by atoms with Gasteiger partial charge in [-0.1, -0.05) is 17.4 Å². The number of benzene rings is 1. The van der Waals surface area contributed by atoms with Crippen molar-refractivity contribution in [2.24, 2.45) is 0 Å². The number of alkyl halides is 5. The smallest absolute Gasteiger partial charge is 0.307 e. The molecule has 0 amide bonds. The fraction of sp³-hybridized carbons (Fsp3) is 0.478. The molecular weight excluding hydrogens is 565 g/mol. The molecule has 1 aromatic carbocycles. The highest BCUT2D eigenvalue weighted by atomic mass is 32.2. The van der Waals surface area contributed by atoms with Crippen molar-refractivity contribution in [3.8, 4) is 16.8 Å². The normalized spacial score (nSPS) is 22.3. The van der Waals surface area contributed by atoms with Crippen LogP contribution in [0.1, 0.15) is 49.1 Å². The number of nitriles is 1. The maximum atomic E-state index is 13.7. The van der Waals surface area contributed by atoms with Crippen LogP contribution in [0.5, 0.6) is 0 Å². The van der Waals surface area contributed by atoms with Crippen molar-refractivity contribution < 1.29 is 30.4 Å². The minimum Gasteiger partial charge on any atom is -0.307 e. The van der Waals surface area contributed by atoms with Crippen LogP contribution >= 0.6 is 11.3 Å². The van der Waals surface area contributed by atoms with E-state index in [-0.39, 0.29) is 44.1 Å². The number of fused-ring (bicyclic) bond motifs is 3. The van der Waals surface area contributed by atoms with Gasteiger partial charge in [-0.2, -0.15) is 28.3 Å². The lowest BCUT2D eigenvalue weighted by molar-refractivity contribution is -0.141. The molecule has 0 spiro atoms. The second-order valence-electron chi connectivity index (χ2n) is 9.98. The molecule has 2 bridgehead atoms. The van der Waals surface area contributed by atoms with Gasteiger partial charge in [0.1, 0.15) is 17.8 Å². The van der Waals surface area contributed by atoms with Crippen molar-refractivity contribution in [3.05, 3.63) is 28.8 Å². The number of rotatable bonds is 7. The number of aromatic nitrogens is 4. The van der Waals surface area contributed by atoms with E-state index in [1.54, 1.807) is 0 Å². The minimum atomic E-state index is -4.68. The second-order valence-corrected chi connectivity index (χ2v) is 12.7. The highest BCUT2D eigenvalue weighted by Crippen LogP contribution is 2.42. The molecular formula is C23H20F5N7O2S2. The molecule has 4 heterocycles. The van der Waals surface area contributed by atoms with E-state index in [1.165, 1.54) is 6.07 Å². The van der Waals surface area contributed by atoms with Crippen LogP contribution in [0.15, 0.2) is 23.1 Å². The lowest BCUT2D eigenvalue weighted by Gasteiger charge is -2.23. The number of hydrogen-bond acceptors (Lipinski definition) is 8. The van der Waals surface area contributed by atoms with Crippen LogP contribution in [-0.4, -0.2) is 52.2 Å². The number of sulfonamides is 1. The second kappa shape index (κ2) is 9.01. The largest absolute Gasteiger partial charge is 0.408 e. The molecule has 2 N–H and O–H groups in total. The Morgan fingerprint density at radius 3 is 2.64 bits per heavy atom. The molecule has 1 saturated carbocycles. The standard InChI is InChI=1S/C23H20F5N7O2S2/c24-19(25)21-32-31-20(38-21)17-16-8-14(39(36,37)34-22(9-29)3-4-22)7-15(11-5-12-1-2-13(6-11)30-12)18(16)35(33-17)10-23(26,27)28/h5,7-8,12-13,19,30,34H,1-4,6,10H2. The third-order valence-electron chi connectivity index (χ3n) is 7.07. The van der Waals surface area contributed by atoms with E-state index in [1.807, 2.05) is 12.1 Å². The third kappa shape index (κ3) is 4.92. The monoisotopic (exact) mass is 585 g/mol. The summed E-state index contributed by atoms with van der Waals surface area (Å²) in [6.07, 6.45) is -2.96. The molecule has 2 aliphatic heterocycles. The van der Waals surface area contributed by atoms with Crippen molar-refractivity contribution >= 4 is 37.8 Å². The fourth-order valence-electron chi connectivity index (χ4n) is 5.15. The van der Waals surface area contributed by atoms with Crippen LogP contribution < -0.4 is 10.0 Å². The van der Waals surface area contributed by atoms with Crippen molar-refractivity contribution in [1.82, 2.24) is 30.0 Å². The Hall–Kier alpha value is -3.00. The third-order valence-corrected chi connectivity index (χ3v) is 9.52. The quantitative estimate of drug-likeness (QED) is 0.396. The van der Waals surface area contributed by atoms with Gasteiger partial charge in [0, 0.05) is 23.0 Å². The van der Waals surface area contributed by atoms with E-state index in [0.29, 0.717) is 36.2 Å². The highest BCUT2D eigenvalue weighted by Gasteiger charge is 2.47. The number of hydrogen-bond donors (Lipinski definition) is 2. The van der Waals surface area contributed by atoms with Crippen LogP contribution in [0.3, 0.4) is 0 Å². The average molecular weight is 586 g/mol. The van der Waals surface area contributed by atoms with Crippen molar-refractivity contribution in [1.29, 1.82) is 5.26 Å². The number of halogens is 5. The van der Waals surface area contributed by atoms with E-state index >= 15 is 0 Å². The first-order valence-corrected chi connectivity index (χ1v) is 14.3. The number of nitrogens with zero attached hydrogens (tertiary/aromatic N) is 5. The Morgan fingerprint density at radius 1 is 1.26 bits per heavy atom. The molecule has 16 heteroatoms. The predicted octanol–water partition coefficient (Wildman–Crippen LogP) is 4.30. The summed E-state index contributed by atoms with van der Waals surface area (Å²) in [5.74, 6) is 0. The Kier molecular flexibility index (Phi) is 6.06. The number of nitrogens with one attached hydrogen (secondary N) is 2. The van der Waals surface area contributed by atoms with E-state index in [9.17, 15) is 35.6 Å². The van der Waals surface area contributed by atoms with Crippen molar-refractivity contribution in [2.45, 2.75) is 73.8 Å². The van der Waals surface area contributed by atoms with Crippen LogP contribution in [0.2, 0.25) is 0 Å². The van der Waals surface area contributed by atoms with Crippen LogP contribution in [0, 0.1) is 11.3 Å². The van der Waals surface area contributed by atoms with Gasteiger partial charge in [-0.25, -0.2) is 17.2 Å². The molecule has 206 valence electrons. The van der Waals surface area contributed by atoms with Crippen LogP contribution in [0.4, 0.5) is 22.0 Å². The first kappa shape index (κ1) is 26.2. The molecule has 6 rings (SSSR count). The molecule has 2 fully saturated rings. The summed E-state index contributed by atoms with van der Waals surface area (Å²) in [5, 5.41) is 23.3. The maximum Gasteiger partial charge on any atom is 0.408 e. The summed E-state index contributed by atoms with van der Waals surface area (Å²) in [6, 6.07) is 4.47. The van der Waals surface area contributed by atoms with E-state index < -0.39 is 39.7 Å². The van der Waals surface area contributed by atoms with Crippen LogP contribution in [0.25, 0.3) is 27.2 Å². The summed E-state index contributed by atoms with van der Waals surface area (Å²) in [6.45, 7) is -1.49. The zero-order valence-electron chi connectivity index (χ0n) is 20.0. The summed E-state index contributed by atoms with van der Waals surface area (Å²) in [4.78, 5) is -0.273. The van der Waals surface area contributed by atoms with Gasteiger partial charge in [-0.3, -0.25) is 4.68 Å². The Balaban J connectivity index is 1.61. The average Bonchev–Trinajstić information content (AvgIpc) is 3.16. The summed E-state index contributed by atoms with van der Waals surface area (Å²) >= 11 is 0.467. The van der Waals surface area contributed by atoms with E-state index in [4.69, 9.17) is 0 Å². The molecule has 1 aliphatic carbocycles. The fourth-order valence-corrected chi connectivity index (χ4v) is 7.27. The SMILES string of the molecule is N#CC1(NS(=O)(=O)c2cc(C3=CC4CCC(C3)N4)c3c(c2)c(-c2nnc(C(F)F)s2)nn3CC(F)(F)F)CC1. The van der Waals surface area contributed by atoms with Gasteiger partial charge in [-0.15, -0.1) is 10.2 Å². The van der Waals surface area contributed by atoms with Gasteiger partial charge < -0.3 is 5.32 Å². The van der Waals surface area contributed by atoms with Gasteiger partial charge in [0.25, 0.3) is 6.43 Å². The molecule has 3 aromatic rings. The molecule has 2 atom stereocenters. The Labute approximate surface area is 222 Å². The molecule has 39 heavy (non-hydrogen) atoms. The van der Waals surface area contributed by atoms with E-state index in [0.717, 1.165) is 23.6 Å². The summed E-state index contributed by atoms with van der Waals surface area (Å²) < 4.78 is 97.4. The first-order chi connectivity index (χ1) is 18.4. The Bertz CT molecular complexity index is 1650. The lowest BCUT2D eigenvalue weighted by Crippen LogP contribution is -2.35. The van der Waals surface area contributed by atoms with E-state index in [2.05, 4.69) is 25.3 Å². The molecule has 2 aromatic heterocycles. The van der Waals surface area contributed by atoms with Gasteiger partial charge in [0.2, 0.25) is 10.0 Å². The Morgan fingerprint density at radius 2 is 2.03 bits per heavy atom. The highest BCUT2D eigenvalue weighted by molar-refractivity contribution is 7.89. The maximum absolute atomic E-state index is 13.7. The van der Waals surface area contributed by atoms with Crippen LogP contribution in [-0.2, 0) is 16.6 Å². The molecule has 2 unspecified atom stereocenters. The van der Waals surface area contributed by atoms with Crippen molar-refractivity contribution in [2.75, 3.05) is 0 Å². The zero-order chi connectivity index (χ0) is 27.7. The molecule has 3 aliphatic rings. The van der Waals surface area contributed by atoms with Gasteiger partial charge in [0.15, 0.2) is 10.0 Å². The van der Waals surface area contributed by atoms with Gasteiger partial charge >= 0.3 is 6.18 Å². The summed E-state index contributed by atoms with van der Waals surface area (Å²) in [7, 11) is -4.29. The van der Waals surface area contributed by atoms with Crippen molar-refractivity contribution in [3.63, 3.8) is 0 Å². The lowest BCUT2D eigenvalue weighted by atomic mass is 9.94. The predicted molar refractivity (Wildman–Crippen MR) is 130 cm³/mol. The first-order valence-electron chi connectivity index (χ1n) is 12.0. The molecule has 9 nitrogen and oxygen atoms in total. The molecule has 1 saturated heterocycles.